The number of allylic oxidation sites excluding steroid dienone is 1. The van der Waals surface area contributed by atoms with Crippen molar-refractivity contribution < 1.29 is 9.53 Å². The lowest BCUT2D eigenvalue weighted by Gasteiger charge is -2.03. The van der Waals surface area contributed by atoms with Crippen molar-refractivity contribution in [2.24, 2.45) is 0 Å². The highest BCUT2D eigenvalue weighted by molar-refractivity contribution is 7.15. The lowest BCUT2D eigenvalue weighted by Crippen LogP contribution is -2.03. The van der Waals surface area contributed by atoms with Crippen LogP contribution in [-0.2, 0) is 11.2 Å². The molecule has 0 N–H and O–H groups in total. The average Bonchev–Trinajstić information content (AvgIpc) is 2.97. The van der Waals surface area contributed by atoms with Gasteiger partial charge in [-0.3, -0.25) is 0 Å². The van der Waals surface area contributed by atoms with Crippen LogP contribution < -0.4 is 4.74 Å². The van der Waals surface area contributed by atoms with Gasteiger partial charge in [0, 0.05) is 15.8 Å². The molecule has 3 heteroatoms. The summed E-state index contributed by atoms with van der Waals surface area (Å²) in [7, 11) is 0. The molecule has 0 saturated carbocycles. The molecule has 0 atom stereocenters. The molecule has 116 valence electrons. The predicted molar refractivity (Wildman–Crippen MR) is 93.4 cm³/mol. The van der Waals surface area contributed by atoms with Gasteiger partial charge in [-0.1, -0.05) is 32.8 Å². The average molecular weight is 314 g/mol. The summed E-state index contributed by atoms with van der Waals surface area (Å²) < 4.78 is 5.27. The molecule has 22 heavy (non-hydrogen) atoms. The highest BCUT2D eigenvalue weighted by Gasteiger charge is 2.04. The fourth-order valence-electron chi connectivity index (χ4n) is 2.10. The first-order valence-electron chi connectivity index (χ1n) is 7.80. The van der Waals surface area contributed by atoms with Crippen LogP contribution in [0.5, 0.6) is 5.75 Å². The summed E-state index contributed by atoms with van der Waals surface area (Å²) in [6.45, 7) is 4.27. The molecule has 0 unspecified atom stereocenters. The molecule has 0 radical (unpaired) electrons. The van der Waals surface area contributed by atoms with E-state index >= 15 is 0 Å². The Balaban J connectivity index is 1.98. The SMILES string of the molecule is CCCC=CC(=O)Oc1ccc(-c2ccc(CCC)s2)cc1. The summed E-state index contributed by atoms with van der Waals surface area (Å²) in [4.78, 5) is 14.3. The first-order chi connectivity index (χ1) is 10.7. The van der Waals surface area contributed by atoms with Gasteiger partial charge in [0.2, 0.25) is 0 Å². The molecular weight excluding hydrogens is 292 g/mol. The molecule has 2 aromatic rings. The third kappa shape index (κ3) is 4.85. The van der Waals surface area contributed by atoms with Crippen LogP contribution in [0, 0.1) is 0 Å². The zero-order chi connectivity index (χ0) is 15.8. The van der Waals surface area contributed by atoms with Crippen LogP contribution >= 0.6 is 11.3 Å². The van der Waals surface area contributed by atoms with Crippen LogP contribution in [-0.4, -0.2) is 5.97 Å². The number of carbonyl (C=O) groups excluding carboxylic acids is 1. The Morgan fingerprint density at radius 3 is 2.55 bits per heavy atom. The summed E-state index contributed by atoms with van der Waals surface area (Å²) in [5.74, 6) is 0.266. The number of hydrogen-bond acceptors (Lipinski definition) is 3. The third-order valence-corrected chi connectivity index (χ3v) is 4.42. The van der Waals surface area contributed by atoms with Gasteiger partial charge in [0.25, 0.3) is 0 Å². The molecule has 0 fully saturated rings. The van der Waals surface area contributed by atoms with Crippen molar-refractivity contribution in [1.82, 2.24) is 0 Å². The van der Waals surface area contributed by atoms with E-state index in [0.717, 1.165) is 24.8 Å². The molecule has 2 nitrogen and oxygen atoms in total. The van der Waals surface area contributed by atoms with Crippen LogP contribution in [0.1, 0.15) is 38.0 Å². The molecule has 2 rings (SSSR count). The maximum atomic E-state index is 11.6. The molecule has 0 spiro atoms. The van der Waals surface area contributed by atoms with Crippen molar-refractivity contribution in [1.29, 1.82) is 0 Å². The van der Waals surface area contributed by atoms with Crippen LogP contribution in [0.3, 0.4) is 0 Å². The fraction of sp³-hybridized carbons (Fsp3) is 0.316. The summed E-state index contributed by atoms with van der Waals surface area (Å²) in [5.41, 5.74) is 1.16. The molecule has 0 aliphatic heterocycles. The number of ether oxygens (including phenoxy) is 1. The topological polar surface area (TPSA) is 26.3 Å². The number of benzene rings is 1. The zero-order valence-corrected chi connectivity index (χ0v) is 14.0. The Labute approximate surface area is 136 Å². The minimum atomic E-state index is -0.317. The Hall–Kier alpha value is -1.87. The van der Waals surface area contributed by atoms with Crippen LogP contribution in [0.25, 0.3) is 10.4 Å². The Morgan fingerprint density at radius 1 is 1.09 bits per heavy atom. The van der Waals surface area contributed by atoms with E-state index in [9.17, 15) is 4.79 Å². The summed E-state index contributed by atoms with van der Waals surface area (Å²) >= 11 is 1.82. The molecule has 0 saturated heterocycles. The van der Waals surface area contributed by atoms with Gasteiger partial charge in [0.1, 0.15) is 5.75 Å². The third-order valence-electron chi connectivity index (χ3n) is 3.22. The molecule has 1 aromatic heterocycles. The number of unbranched alkanes of at least 4 members (excludes halogenated alkanes) is 1. The minimum Gasteiger partial charge on any atom is -0.423 e. The number of thiophene rings is 1. The summed E-state index contributed by atoms with van der Waals surface area (Å²) in [6, 6.07) is 12.0. The van der Waals surface area contributed by atoms with Crippen molar-refractivity contribution in [3.8, 4) is 16.2 Å². The molecule has 0 aliphatic carbocycles. The van der Waals surface area contributed by atoms with E-state index in [2.05, 4.69) is 26.0 Å². The van der Waals surface area contributed by atoms with E-state index in [1.165, 1.54) is 22.3 Å². The Kier molecular flexibility index (Phi) is 6.41. The first kappa shape index (κ1) is 16.5. The monoisotopic (exact) mass is 314 g/mol. The standard InChI is InChI=1S/C19H22O2S/c1-3-5-6-8-19(20)21-16-11-9-15(10-12-16)18-14-13-17(22-18)7-4-2/h6,8-14H,3-5,7H2,1-2H3. The number of hydrogen-bond donors (Lipinski definition) is 0. The summed E-state index contributed by atoms with van der Waals surface area (Å²) in [5, 5.41) is 0. The molecule has 1 heterocycles. The van der Waals surface area contributed by atoms with Crippen molar-refractivity contribution in [2.45, 2.75) is 39.5 Å². The second kappa shape index (κ2) is 8.54. The quantitative estimate of drug-likeness (QED) is 0.376. The van der Waals surface area contributed by atoms with E-state index in [-0.39, 0.29) is 5.97 Å². The lowest BCUT2D eigenvalue weighted by molar-refractivity contribution is -0.129. The number of aryl methyl sites for hydroxylation is 1. The molecule has 0 aliphatic rings. The van der Waals surface area contributed by atoms with Crippen LogP contribution in [0.4, 0.5) is 0 Å². The molecular formula is C19H22O2S. The highest BCUT2D eigenvalue weighted by Crippen LogP contribution is 2.30. The normalized spacial score (nSPS) is 11.0. The van der Waals surface area contributed by atoms with Crippen LogP contribution in [0.15, 0.2) is 48.6 Å². The van der Waals surface area contributed by atoms with E-state index in [0.29, 0.717) is 5.75 Å². The molecule has 1 aromatic carbocycles. The van der Waals surface area contributed by atoms with Crippen LogP contribution in [0.2, 0.25) is 0 Å². The second-order valence-electron chi connectivity index (χ2n) is 5.15. The van der Waals surface area contributed by atoms with Crippen molar-refractivity contribution in [2.75, 3.05) is 0 Å². The number of rotatable bonds is 7. The van der Waals surface area contributed by atoms with E-state index < -0.39 is 0 Å². The Morgan fingerprint density at radius 2 is 1.86 bits per heavy atom. The van der Waals surface area contributed by atoms with Crippen molar-refractivity contribution in [3.05, 3.63) is 53.4 Å². The van der Waals surface area contributed by atoms with E-state index in [1.807, 2.05) is 41.7 Å². The molecule has 0 bridgehead atoms. The van der Waals surface area contributed by atoms with Gasteiger partial charge < -0.3 is 4.74 Å². The van der Waals surface area contributed by atoms with Gasteiger partial charge in [-0.15, -0.1) is 11.3 Å². The molecule has 0 amide bonds. The van der Waals surface area contributed by atoms with Gasteiger partial charge in [-0.2, -0.15) is 0 Å². The van der Waals surface area contributed by atoms with Gasteiger partial charge >= 0.3 is 5.97 Å². The maximum absolute atomic E-state index is 11.6. The largest absolute Gasteiger partial charge is 0.423 e. The van der Waals surface area contributed by atoms with Gasteiger partial charge in [0.05, 0.1) is 0 Å². The summed E-state index contributed by atoms with van der Waals surface area (Å²) in [6.07, 6.45) is 7.56. The number of carbonyl (C=O) groups is 1. The number of esters is 1. The Bertz CT molecular complexity index is 623. The predicted octanol–water partition coefficient (Wildman–Crippen LogP) is 5.63. The minimum absolute atomic E-state index is 0.317. The van der Waals surface area contributed by atoms with E-state index in [4.69, 9.17) is 4.74 Å². The second-order valence-corrected chi connectivity index (χ2v) is 6.32. The van der Waals surface area contributed by atoms with Gasteiger partial charge in [0.15, 0.2) is 0 Å². The van der Waals surface area contributed by atoms with Gasteiger partial charge in [-0.05, 0) is 54.8 Å². The fourth-order valence-corrected chi connectivity index (χ4v) is 3.21. The maximum Gasteiger partial charge on any atom is 0.335 e. The van der Waals surface area contributed by atoms with Crippen molar-refractivity contribution in [3.63, 3.8) is 0 Å². The smallest absolute Gasteiger partial charge is 0.335 e. The zero-order valence-electron chi connectivity index (χ0n) is 13.2. The lowest BCUT2D eigenvalue weighted by atomic mass is 10.2. The van der Waals surface area contributed by atoms with Crippen molar-refractivity contribution >= 4 is 17.3 Å². The van der Waals surface area contributed by atoms with E-state index in [1.54, 1.807) is 0 Å². The van der Waals surface area contributed by atoms with Gasteiger partial charge in [-0.25, -0.2) is 4.79 Å². The first-order valence-corrected chi connectivity index (χ1v) is 8.62. The highest BCUT2D eigenvalue weighted by atomic mass is 32.1.